The van der Waals surface area contributed by atoms with Crippen LogP contribution in [-0.4, -0.2) is 35.5 Å². The van der Waals surface area contributed by atoms with Crippen LogP contribution < -0.4 is 0 Å². The van der Waals surface area contributed by atoms with E-state index in [0.717, 1.165) is 12.8 Å². The Morgan fingerprint density at radius 1 is 1.36 bits per heavy atom. The molecule has 14 heavy (non-hydrogen) atoms. The van der Waals surface area contributed by atoms with E-state index in [4.69, 9.17) is 0 Å². The minimum Gasteiger partial charge on any atom is -0.633 e. The van der Waals surface area contributed by atoms with Crippen LogP contribution in [0, 0.1) is 23.0 Å². The quantitative estimate of drug-likeness (QED) is 0.473. The number of likely N-dealkylation sites (tertiary alicyclic amines) is 1. The van der Waals surface area contributed by atoms with Crippen LogP contribution in [0.1, 0.15) is 26.7 Å². The second-order valence-electron chi connectivity index (χ2n) is 5.69. The van der Waals surface area contributed by atoms with E-state index in [1.165, 1.54) is 0 Å². The summed E-state index contributed by atoms with van der Waals surface area (Å²) >= 11 is 0. The molecule has 0 amide bonds. The first-order valence-corrected chi connectivity index (χ1v) is 5.63. The van der Waals surface area contributed by atoms with E-state index >= 15 is 0 Å². The summed E-state index contributed by atoms with van der Waals surface area (Å²) in [6.07, 6.45) is 2.17. The molecule has 5 atom stereocenters. The Labute approximate surface area is 85.9 Å². The smallest absolute Gasteiger partial charge is 0.119 e. The van der Waals surface area contributed by atoms with Gasteiger partial charge < -0.3 is 15.0 Å². The number of piperidine rings is 1. The lowest BCUT2D eigenvalue weighted by Gasteiger charge is -2.53. The summed E-state index contributed by atoms with van der Waals surface area (Å²) in [6, 6.07) is 0. The highest BCUT2D eigenvalue weighted by atomic mass is 16.5. The Balaban J connectivity index is 2.28. The zero-order chi connectivity index (χ0) is 10.6. The van der Waals surface area contributed by atoms with Crippen LogP contribution in [0.25, 0.3) is 0 Å². The van der Waals surface area contributed by atoms with Gasteiger partial charge in [-0.1, -0.05) is 13.8 Å². The zero-order valence-electron chi connectivity index (χ0n) is 9.36. The Morgan fingerprint density at radius 3 is 2.64 bits per heavy atom. The van der Waals surface area contributed by atoms with Crippen molar-refractivity contribution in [3.05, 3.63) is 5.21 Å². The fraction of sp³-hybridized carbons (Fsp3) is 1.00. The van der Waals surface area contributed by atoms with Gasteiger partial charge in [0, 0.05) is 11.8 Å². The van der Waals surface area contributed by atoms with E-state index in [-0.39, 0.29) is 4.65 Å². The maximum absolute atomic E-state index is 12.0. The molecule has 1 N–H and O–H groups in total. The molecule has 0 aromatic carbocycles. The number of quaternary nitrogens is 1. The van der Waals surface area contributed by atoms with Gasteiger partial charge in [-0.05, 0) is 18.8 Å². The van der Waals surface area contributed by atoms with Gasteiger partial charge in [-0.15, -0.1) is 0 Å². The number of rotatable bonds is 0. The molecule has 1 saturated heterocycles. The highest BCUT2D eigenvalue weighted by Crippen LogP contribution is 2.48. The molecule has 1 heterocycles. The Hall–Kier alpha value is -0.120. The van der Waals surface area contributed by atoms with Crippen LogP contribution in [0.2, 0.25) is 0 Å². The molecule has 0 radical (unpaired) electrons. The molecule has 2 rings (SSSR count). The molecule has 1 aliphatic heterocycles. The zero-order valence-corrected chi connectivity index (χ0v) is 9.36. The maximum atomic E-state index is 12.0. The predicted molar refractivity (Wildman–Crippen MR) is 55.3 cm³/mol. The molecular formula is C11H21NO2. The third-order valence-corrected chi connectivity index (χ3v) is 4.35. The first kappa shape index (κ1) is 10.4. The lowest BCUT2D eigenvalue weighted by molar-refractivity contribution is -0.879. The molecule has 0 aromatic rings. The molecule has 2 aliphatic rings. The molecule has 0 unspecified atom stereocenters. The van der Waals surface area contributed by atoms with Crippen LogP contribution in [0.15, 0.2) is 0 Å². The summed E-state index contributed by atoms with van der Waals surface area (Å²) < 4.78 is -0.265. The number of nitrogens with zero attached hydrogens (tertiary/aromatic N) is 1. The monoisotopic (exact) mass is 199 g/mol. The normalized spacial score (nSPS) is 58.5. The van der Waals surface area contributed by atoms with Gasteiger partial charge in [-0.2, -0.15) is 0 Å². The van der Waals surface area contributed by atoms with Crippen molar-refractivity contribution < 1.29 is 9.75 Å². The van der Waals surface area contributed by atoms with Gasteiger partial charge in [0.15, 0.2) is 0 Å². The summed E-state index contributed by atoms with van der Waals surface area (Å²) in [5.41, 5.74) is -0.686. The molecule has 3 heteroatoms. The van der Waals surface area contributed by atoms with Gasteiger partial charge in [0.05, 0.1) is 13.6 Å². The summed E-state index contributed by atoms with van der Waals surface area (Å²) in [5.74, 6) is 1.01. The molecule has 1 saturated carbocycles. The van der Waals surface area contributed by atoms with Gasteiger partial charge in [0.2, 0.25) is 0 Å². The Bertz CT molecular complexity index is 241. The molecular weight excluding hydrogens is 178 g/mol. The lowest BCUT2D eigenvalue weighted by atomic mass is 9.74. The van der Waals surface area contributed by atoms with Crippen LogP contribution in [0.4, 0.5) is 0 Å². The SMILES string of the molecule is C[C@@H]1C[N@+](C)([O-])C[C@@]2(O)[C@@H]1CC[C@@H]2C. The minimum absolute atomic E-state index is 0.265. The average Bonchev–Trinajstić information content (AvgIpc) is 2.25. The summed E-state index contributed by atoms with van der Waals surface area (Å²) in [4.78, 5) is 0. The van der Waals surface area contributed by atoms with Crippen molar-refractivity contribution in [3.8, 4) is 0 Å². The van der Waals surface area contributed by atoms with Gasteiger partial charge in [-0.25, -0.2) is 0 Å². The topological polar surface area (TPSA) is 43.3 Å². The molecule has 0 bridgehead atoms. The van der Waals surface area contributed by atoms with E-state index in [2.05, 4.69) is 13.8 Å². The lowest BCUT2D eigenvalue weighted by Crippen LogP contribution is -2.62. The van der Waals surface area contributed by atoms with E-state index in [0.29, 0.717) is 30.8 Å². The predicted octanol–water partition coefficient (Wildman–Crippen LogP) is 1.36. The van der Waals surface area contributed by atoms with Crippen LogP contribution in [0.3, 0.4) is 0 Å². The molecule has 3 nitrogen and oxygen atoms in total. The molecule has 2 fully saturated rings. The number of likely N-dealkylation sites (N-methyl/N-ethyl adjacent to an activating group) is 1. The van der Waals surface area contributed by atoms with Crippen molar-refractivity contribution in [2.75, 3.05) is 20.1 Å². The molecule has 1 aliphatic carbocycles. The van der Waals surface area contributed by atoms with E-state index in [1.54, 1.807) is 7.05 Å². The van der Waals surface area contributed by atoms with Crippen molar-refractivity contribution in [1.29, 1.82) is 0 Å². The second kappa shape index (κ2) is 2.94. The van der Waals surface area contributed by atoms with Crippen molar-refractivity contribution in [2.24, 2.45) is 17.8 Å². The van der Waals surface area contributed by atoms with Gasteiger partial charge >= 0.3 is 0 Å². The fourth-order valence-corrected chi connectivity index (χ4v) is 3.68. The number of hydroxylamine groups is 3. The minimum atomic E-state index is -0.686. The summed E-state index contributed by atoms with van der Waals surface area (Å²) in [6.45, 7) is 5.25. The third-order valence-electron chi connectivity index (χ3n) is 4.35. The third kappa shape index (κ3) is 1.38. The number of hydrogen-bond acceptors (Lipinski definition) is 2. The Morgan fingerprint density at radius 2 is 2.00 bits per heavy atom. The average molecular weight is 199 g/mol. The van der Waals surface area contributed by atoms with E-state index < -0.39 is 5.60 Å². The molecule has 82 valence electrons. The highest BCUT2D eigenvalue weighted by Gasteiger charge is 2.55. The first-order valence-electron chi connectivity index (χ1n) is 5.63. The van der Waals surface area contributed by atoms with Gasteiger partial charge in [0.25, 0.3) is 0 Å². The van der Waals surface area contributed by atoms with E-state index in [9.17, 15) is 10.3 Å². The van der Waals surface area contributed by atoms with Gasteiger partial charge in [0.1, 0.15) is 12.1 Å². The van der Waals surface area contributed by atoms with Gasteiger partial charge in [-0.3, -0.25) is 0 Å². The summed E-state index contributed by atoms with van der Waals surface area (Å²) in [5, 5.41) is 22.6. The van der Waals surface area contributed by atoms with Crippen LogP contribution >= 0.6 is 0 Å². The number of aliphatic hydroxyl groups is 1. The molecule has 0 spiro atoms. The highest BCUT2D eigenvalue weighted by molar-refractivity contribution is 5.01. The van der Waals surface area contributed by atoms with Crippen molar-refractivity contribution in [2.45, 2.75) is 32.3 Å². The number of hydrogen-bond donors (Lipinski definition) is 1. The van der Waals surface area contributed by atoms with Crippen LogP contribution in [-0.2, 0) is 0 Å². The second-order valence-corrected chi connectivity index (χ2v) is 5.69. The summed E-state index contributed by atoms with van der Waals surface area (Å²) in [7, 11) is 1.69. The van der Waals surface area contributed by atoms with Crippen molar-refractivity contribution >= 4 is 0 Å². The maximum Gasteiger partial charge on any atom is 0.119 e. The first-order chi connectivity index (χ1) is 6.35. The number of fused-ring (bicyclic) bond motifs is 1. The van der Waals surface area contributed by atoms with Crippen LogP contribution in [0.5, 0.6) is 0 Å². The standard InChI is InChI=1S/C11H21NO2/c1-8-6-12(3,14)7-11(13)9(2)4-5-10(8)11/h8-10,13H,4-7H2,1-3H3/t8-,9+,10-,11+,12+/m1/s1. The fourth-order valence-electron chi connectivity index (χ4n) is 3.68. The Kier molecular flexibility index (Phi) is 2.18. The molecule has 0 aromatic heterocycles. The van der Waals surface area contributed by atoms with E-state index in [1.807, 2.05) is 0 Å². The van der Waals surface area contributed by atoms with Crippen molar-refractivity contribution in [1.82, 2.24) is 0 Å². The van der Waals surface area contributed by atoms with Crippen molar-refractivity contribution in [3.63, 3.8) is 0 Å². The largest absolute Gasteiger partial charge is 0.633 e.